The van der Waals surface area contributed by atoms with Gasteiger partial charge in [0.15, 0.2) is 0 Å². The zero-order chi connectivity index (χ0) is 19.4. The van der Waals surface area contributed by atoms with Gasteiger partial charge in [0.05, 0.1) is 19.4 Å². The fourth-order valence-electron chi connectivity index (χ4n) is 2.98. The summed E-state index contributed by atoms with van der Waals surface area (Å²) in [6, 6.07) is 9.02. The molecule has 7 nitrogen and oxygen atoms in total. The lowest BCUT2D eigenvalue weighted by molar-refractivity contribution is 0.0590. The van der Waals surface area contributed by atoms with Gasteiger partial charge in [-0.3, -0.25) is 4.79 Å². The van der Waals surface area contributed by atoms with E-state index in [-0.39, 0.29) is 12.0 Å². The first-order chi connectivity index (χ1) is 13.0. The molecule has 1 aliphatic rings. The highest BCUT2D eigenvalue weighted by molar-refractivity contribution is 5.96. The van der Waals surface area contributed by atoms with E-state index in [9.17, 15) is 9.59 Å². The molecule has 1 atom stereocenters. The van der Waals surface area contributed by atoms with Crippen LogP contribution in [0.5, 0.6) is 0 Å². The summed E-state index contributed by atoms with van der Waals surface area (Å²) >= 11 is 0. The lowest BCUT2D eigenvalue weighted by atomic mass is 10.0. The Labute approximate surface area is 158 Å². The maximum atomic E-state index is 12.5. The van der Waals surface area contributed by atoms with Crippen LogP contribution in [0.15, 0.2) is 41.7 Å². The number of aromatic nitrogens is 1. The zero-order valence-electron chi connectivity index (χ0n) is 15.7. The van der Waals surface area contributed by atoms with Crippen molar-refractivity contribution in [2.45, 2.75) is 25.9 Å². The number of nitrogens with zero attached hydrogens (tertiary/aromatic N) is 2. The van der Waals surface area contributed by atoms with Gasteiger partial charge in [-0.2, -0.15) is 0 Å². The van der Waals surface area contributed by atoms with Crippen LogP contribution in [0.4, 0.5) is 0 Å². The third-order valence-corrected chi connectivity index (χ3v) is 4.55. The van der Waals surface area contributed by atoms with Gasteiger partial charge >= 0.3 is 5.97 Å². The molecule has 2 heterocycles. The SMILES string of the molecule is CCC1=NO[C@@H](CNC(=O)c2cccc(-c3cc(C(=O)OC)n(C)c3)c2)C1. The summed E-state index contributed by atoms with van der Waals surface area (Å²) in [7, 11) is 3.13. The summed E-state index contributed by atoms with van der Waals surface area (Å²) in [5.74, 6) is -0.572. The number of hydrogen-bond donors (Lipinski definition) is 1. The number of benzene rings is 1. The Morgan fingerprint density at radius 1 is 1.33 bits per heavy atom. The minimum Gasteiger partial charge on any atom is -0.464 e. The predicted octanol–water partition coefficient (Wildman–Crippen LogP) is 2.76. The Kier molecular flexibility index (Phi) is 5.59. The van der Waals surface area contributed by atoms with Crippen molar-refractivity contribution in [3.8, 4) is 11.1 Å². The third kappa shape index (κ3) is 4.19. The first kappa shape index (κ1) is 18.7. The summed E-state index contributed by atoms with van der Waals surface area (Å²) in [6.07, 6.45) is 3.33. The van der Waals surface area contributed by atoms with E-state index in [1.165, 1.54) is 7.11 Å². The maximum absolute atomic E-state index is 12.5. The molecule has 0 spiro atoms. The molecular weight excluding hydrogens is 346 g/mol. The van der Waals surface area contributed by atoms with E-state index in [0.717, 1.165) is 29.7 Å². The van der Waals surface area contributed by atoms with Crippen LogP contribution in [0.3, 0.4) is 0 Å². The van der Waals surface area contributed by atoms with Crippen LogP contribution in [0.25, 0.3) is 11.1 Å². The monoisotopic (exact) mass is 369 g/mol. The molecule has 1 N–H and O–H groups in total. The van der Waals surface area contributed by atoms with Crippen molar-refractivity contribution in [2.75, 3.05) is 13.7 Å². The number of hydrogen-bond acceptors (Lipinski definition) is 5. The Bertz CT molecular complexity index is 885. The van der Waals surface area contributed by atoms with E-state index in [1.54, 1.807) is 29.8 Å². The van der Waals surface area contributed by atoms with Gasteiger partial charge in [0.25, 0.3) is 5.91 Å². The number of carbonyl (C=O) groups is 2. The second kappa shape index (κ2) is 8.07. The van der Waals surface area contributed by atoms with Gasteiger partial charge in [-0.25, -0.2) is 4.79 Å². The van der Waals surface area contributed by atoms with Crippen LogP contribution in [-0.4, -0.2) is 41.9 Å². The van der Waals surface area contributed by atoms with Gasteiger partial charge in [-0.15, -0.1) is 0 Å². The first-order valence-corrected chi connectivity index (χ1v) is 8.86. The highest BCUT2D eigenvalue weighted by atomic mass is 16.6. The fourth-order valence-corrected chi connectivity index (χ4v) is 2.98. The number of ether oxygens (including phenoxy) is 1. The summed E-state index contributed by atoms with van der Waals surface area (Å²) in [4.78, 5) is 29.6. The Morgan fingerprint density at radius 2 is 2.15 bits per heavy atom. The molecule has 1 amide bonds. The number of methoxy groups -OCH3 is 1. The smallest absolute Gasteiger partial charge is 0.354 e. The summed E-state index contributed by atoms with van der Waals surface area (Å²) in [6.45, 7) is 2.44. The fraction of sp³-hybridized carbons (Fsp3) is 0.350. The molecule has 0 aliphatic carbocycles. The molecule has 0 bridgehead atoms. The van der Waals surface area contributed by atoms with Crippen LogP contribution in [0.1, 0.15) is 40.6 Å². The lowest BCUT2D eigenvalue weighted by Crippen LogP contribution is -2.32. The minimum atomic E-state index is -0.400. The second-order valence-corrected chi connectivity index (χ2v) is 6.45. The largest absolute Gasteiger partial charge is 0.464 e. The van der Waals surface area contributed by atoms with Crippen molar-refractivity contribution in [3.63, 3.8) is 0 Å². The zero-order valence-corrected chi connectivity index (χ0v) is 15.7. The number of rotatable bonds is 6. The van der Waals surface area contributed by atoms with Crippen molar-refractivity contribution < 1.29 is 19.2 Å². The molecule has 0 saturated carbocycles. The Balaban J connectivity index is 1.68. The van der Waals surface area contributed by atoms with E-state index >= 15 is 0 Å². The first-order valence-electron chi connectivity index (χ1n) is 8.86. The molecule has 0 radical (unpaired) electrons. The van der Waals surface area contributed by atoms with Crippen molar-refractivity contribution in [1.29, 1.82) is 0 Å². The molecule has 142 valence electrons. The highest BCUT2D eigenvalue weighted by Gasteiger charge is 2.21. The van der Waals surface area contributed by atoms with Crippen LogP contribution in [-0.2, 0) is 16.6 Å². The lowest BCUT2D eigenvalue weighted by Gasteiger charge is -2.10. The van der Waals surface area contributed by atoms with Gasteiger partial charge in [-0.05, 0) is 30.2 Å². The van der Waals surface area contributed by atoms with Gasteiger partial charge in [0.2, 0.25) is 0 Å². The van der Waals surface area contributed by atoms with Crippen molar-refractivity contribution in [2.24, 2.45) is 12.2 Å². The third-order valence-electron chi connectivity index (χ3n) is 4.55. The van der Waals surface area contributed by atoms with Gasteiger partial charge in [0, 0.05) is 30.8 Å². The molecule has 0 fully saturated rings. The molecule has 1 aromatic heterocycles. The predicted molar refractivity (Wildman–Crippen MR) is 102 cm³/mol. The molecule has 1 aliphatic heterocycles. The number of carbonyl (C=O) groups excluding carboxylic acids is 2. The summed E-state index contributed by atoms with van der Waals surface area (Å²) in [5, 5.41) is 6.89. The van der Waals surface area contributed by atoms with E-state index in [1.807, 2.05) is 25.3 Å². The van der Waals surface area contributed by atoms with Crippen LogP contribution < -0.4 is 5.32 Å². The van der Waals surface area contributed by atoms with E-state index in [4.69, 9.17) is 9.57 Å². The average Bonchev–Trinajstić information content (AvgIpc) is 3.32. The second-order valence-electron chi connectivity index (χ2n) is 6.45. The average molecular weight is 369 g/mol. The number of oxime groups is 1. The van der Waals surface area contributed by atoms with Gasteiger partial charge in [-0.1, -0.05) is 24.2 Å². The molecular formula is C20H23N3O4. The van der Waals surface area contributed by atoms with Crippen LogP contribution >= 0.6 is 0 Å². The standard InChI is InChI=1S/C20H23N3O4/c1-4-16-10-17(27-22-16)11-21-19(24)14-7-5-6-13(8-14)15-9-18(20(25)26-3)23(2)12-15/h5-9,12,17H,4,10-11H2,1-3H3,(H,21,24)/t17-/m1/s1. The molecule has 3 rings (SSSR count). The Morgan fingerprint density at radius 3 is 2.85 bits per heavy atom. The van der Waals surface area contributed by atoms with Crippen molar-refractivity contribution in [1.82, 2.24) is 9.88 Å². The maximum Gasteiger partial charge on any atom is 0.354 e. The van der Waals surface area contributed by atoms with E-state index in [2.05, 4.69) is 10.5 Å². The number of esters is 1. The molecule has 7 heteroatoms. The normalized spacial score (nSPS) is 15.8. The van der Waals surface area contributed by atoms with Gasteiger partial charge < -0.3 is 19.5 Å². The Hall–Kier alpha value is -3.09. The van der Waals surface area contributed by atoms with E-state index in [0.29, 0.717) is 17.8 Å². The van der Waals surface area contributed by atoms with E-state index < -0.39 is 5.97 Å². The molecule has 1 aromatic carbocycles. The molecule has 0 saturated heterocycles. The highest BCUT2D eigenvalue weighted by Crippen LogP contribution is 2.23. The summed E-state index contributed by atoms with van der Waals surface area (Å²) < 4.78 is 6.48. The van der Waals surface area contributed by atoms with Crippen LogP contribution in [0.2, 0.25) is 0 Å². The van der Waals surface area contributed by atoms with Gasteiger partial charge in [0.1, 0.15) is 11.8 Å². The van der Waals surface area contributed by atoms with Crippen molar-refractivity contribution in [3.05, 3.63) is 47.8 Å². The number of aryl methyl sites for hydroxylation is 1. The number of nitrogens with one attached hydrogen (secondary N) is 1. The van der Waals surface area contributed by atoms with Crippen LogP contribution in [0, 0.1) is 0 Å². The topological polar surface area (TPSA) is 81.9 Å². The minimum absolute atomic E-state index is 0.108. The van der Waals surface area contributed by atoms with Crippen molar-refractivity contribution >= 4 is 17.6 Å². The molecule has 27 heavy (non-hydrogen) atoms. The molecule has 2 aromatic rings. The quantitative estimate of drug-likeness (QED) is 0.794. The summed E-state index contributed by atoms with van der Waals surface area (Å²) in [5.41, 5.74) is 3.70. The molecule has 0 unspecified atom stereocenters. The number of amides is 1.